The number of nitrogens with one attached hydrogen (secondary N) is 2. The van der Waals surface area contributed by atoms with Crippen molar-refractivity contribution in [3.63, 3.8) is 0 Å². The van der Waals surface area contributed by atoms with Crippen LogP contribution in [0.1, 0.15) is 25.5 Å². The van der Waals surface area contributed by atoms with Crippen LogP contribution in [-0.4, -0.2) is 31.6 Å². The average Bonchev–Trinajstić information content (AvgIpc) is 2.38. The normalized spacial score (nSPS) is 13.4. The van der Waals surface area contributed by atoms with Crippen molar-refractivity contribution in [3.8, 4) is 0 Å². The van der Waals surface area contributed by atoms with Gasteiger partial charge in [0.05, 0.1) is 0 Å². The topological polar surface area (TPSA) is 99.3 Å². The fourth-order valence-electron chi connectivity index (χ4n) is 1.74. The average molecular weight is 284 g/mol. The highest BCUT2D eigenvalue weighted by Gasteiger charge is 2.25. The van der Waals surface area contributed by atoms with Crippen molar-refractivity contribution in [2.45, 2.75) is 19.9 Å². The minimum absolute atomic E-state index is 0.234. The molecule has 4 N–H and O–H groups in total. The Morgan fingerprint density at radius 3 is 2.26 bits per heavy atom. The van der Waals surface area contributed by atoms with Crippen molar-refractivity contribution in [2.24, 2.45) is 5.73 Å². The van der Waals surface area contributed by atoms with E-state index in [1.165, 1.54) is 4.31 Å². The first-order valence-corrected chi connectivity index (χ1v) is 7.52. The van der Waals surface area contributed by atoms with Gasteiger partial charge in [0.25, 0.3) is 10.2 Å². The van der Waals surface area contributed by atoms with E-state index in [-0.39, 0.29) is 5.84 Å². The first-order chi connectivity index (χ1) is 8.92. The van der Waals surface area contributed by atoms with Gasteiger partial charge in [-0.25, -0.2) is 0 Å². The molecule has 1 aromatic rings. The SMILES string of the molecule is CCN(CC)S(=O)(=O)NC(C(=N)N)c1ccccc1. The fraction of sp³-hybridized carbons (Fsp3) is 0.417. The highest BCUT2D eigenvalue weighted by atomic mass is 32.2. The third kappa shape index (κ3) is 4.02. The molecular formula is C12H20N4O2S. The molecule has 0 aliphatic rings. The van der Waals surface area contributed by atoms with Crippen LogP contribution < -0.4 is 10.5 Å². The van der Waals surface area contributed by atoms with Crippen molar-refractivity contribution in [3.05, 3.63) is 35.9 Å². The Kier molecular flexibility index (Phi) is 5.46. The Morgan fingerprint density at radius 1 is 1.32 bits per heavy atom. The Balaban J connectivity index is 3.01. The summed E-state index contributed by atoms with van der Waals surface area (Å²) < 4.78 is 28.0. The van der Waals surface area contributed by atoms with Gasteiger partial charge in [0.15, 0.2) is 0 Å². The van der Waals surface area contributed by atoms with Crippen LogP contribution in [0.15, 0.2) is 30.3 Å². The first-order valence-electron chi connectivity index (χ1n) is 6.08. The molecule has 1 atom stereocenters. The van der Waals surface area contributed by atoms with Gasteiger partial charge in [-0.3, -0.25) is 5.41 Å². The fourth-order valence-corrected chi connectivity index (χ4v) is 3.13. The summed E-state index contributed by atoms with van der Waals surface area (Å²) in [6.45, 7) is 4.25. The maximum atomic E-state index is 12.1. The predicted octanol–water partition coefficient (Wildman–Crippen LogP) is 0.840. The number of hydrogen-bond acceptors (Lipinski definition) is 3. The van der Waals surface area contributed by atoms with E-state index in [4.69, 9.17) is 11.1 Å². The molecule has 0 bridgehead atoms. The van der Waals surface area contributed by atoms with Crippen LogP contribution in [0, 0.1) is 5.41 Å². The Morgan fingerprint density at radius 2 is 1.84 bits per heavy atom. The highest BCUT2D eigenvalue weighted by Crippen LogP contribution is 2.14. The molecule has 6 nitrogen and oxygen atoms in total. The molecule has 0 aromatic heterocycles. The molecule has 106 valence electrons. The molecule has 0 amide bonds. The second-order valence-electron chi connectivity index (χ2n) is 4.01. The summed E-state index contributed by atoms with van der Waals surface area (Å²) in [7, 11) is -3.65. The smallest absolute Gasteiger partial charge is 0.280 e. The lowest BCUT2D eigenvalue weighted by Crippen LogP contribution is -2.45. The number of nitrogens with two attached hydrogens (primary N) is 1. The van der Waals surface area contributed by atoms with Gasteiger partial charge >= 0.3 is 0 Å². The van der Waals surface area contributed by atoms with Crippen LogP contribution in [0.3, 0.4) is 0 Å². The molecule has 0 aliphatic carbocycles. The minimum Gasteiger partial charge on any atom is -0.386 e. The molecule has 0 saturated heterocycles. The number of nitrogens with zero attached hydrogens (tertiary/aromatic N) is 1. The zero-order chi connectivity index (χ0) is 14.5. The minimum atomic E-state index is -3.65. The van der Waals surface area contributed by atoms with Crippen LogP contribution in [0.4, 0.5) is 0 Å². The lowest BCUT2D eigenvalue weighted by molar-refractivity contribution is 0.432. The van der Waals surface area contributed by atoms with Gasteiger partial charge in [-0.15, -0.1) is 0 Å². The molecule has 19 heavy (non-hydrogen) atoms. The van der Waals surface area contributed by atoms with Crippen molar-refractivity contribution in [1.82, 2.24) is 9.03 Å². The monoisotopic (exact) mass is 284 g/mol. The van der Waals surface area contributed by atoms with Crippen molar-refractivity contribution >= 4 is 16.0 Å². The molecule has 7 heteroatoms. The van der Waals surface area contributed by atoms with Crippen molar-refractivity contribution in [2.75, 3.05) is 13.1 Å². The van der Waals surface area contributed by atoms with E-state index in [9.17, 15) is 8.42 Å². The number of rotatable bonds is 7. The van der Waals surface area contributed by atoms with E-state index in [2.05, 4.69) is 4.72 Å². The van der Waals surface area contributed by atoms with Crippen LogP contribution in [0.2, 0.25) is 0 Å². The summed E-state index contributed by atoms with van der Waals surface area (Å²) in [4.78, 5) is 0. The number of amidine groups is 1. The Labute approximate surface area is 114 Å². The molecular weight excluding hydrogens is 264 g/mol. The zero-order valence-electron chi connectivity index (χ0n) is 11.1. The Bertz CT molecular complexity index is 512. The second-order valence-corrected chi connectivity index (χ2v) is 5.71. The van der Waals surface area contributed by atoms with Crippen molar-refractivity contribution < 1.29 is 8.42 Å². The molecule has 0 spiro atoms. The molecule has 0 heterocycles. The number of hydrogen-bond donors (Lipinski definition) is 3. The molecule has 1 aromatic carbocycles. The molecule has 0 saturated carbocycles. The Hall–Kier alpha value is -1.44. The second kappa shape index (κ2) is 6.65. The van der Waals surface area contributed by atoms with Gasteiger partial charge in [0.2, 0.25) is 0 Å². The van der Waals surface area contributed by atoms with E-state index >= 15 is 0 Å². The number of benzene rings is 1. The van der Waals surface area contributed by atoms with E-state index in [1.807, 2.05) is 6.07 Å². The van der Waals surface area contributed by atoms with Crippen molar-refractivity contribution in [1.29, 1.82) is 5.41 Å². The quantitative estimate of drug-likeness (QED) is 0.511. The molecule has 1 rings (SSSR count). The predicted molar refractivity (Wildman–Crippen MR) is 76.1 cm³/mol. The van der Waals surface area contributed by atoms with Crippen LogP contribution in [0.5, 0.6) is 0 Å². The standard InChI is InChI=1S/C12H20N4O2S/c1-3-16(4-2)19(17,18)15-11(12(13)14)10-8-6-5-7-9-10/h5-9,11,15H,3-4H2,1-2H3,(H3,13,14). The van der Waals surface area contributed by atoms with Gasteiger partial charge in [-0.2, -0.15) is 17.4 Å². The summed E-state index contributed by atoms with van der Waals surface area (Å²) in [6.07, 6.45) is 0. The van der Waals surface area contributed by atoms with Gasteiger partial charge in [-0.1, -0.05) is 44.2 Å². The van der Waals surface area contributed by atoms with E-state index in [1.54, 1.807) is 38.1 Å². The summed E-state index contributed by atoms with van der Waals surface area (Å²) in [6, 6.07) is 7.99. The summed E-state index contributed by atoms with van der Waals surface area (Å²) in [5.74, 6) is -0.234. The first kappa shape index (κ1) is 15.6. The van der Waals surface area contributed by atoms with Crippen LogP contribution in [-0.2, 0) is 10.2 Å². The molecule has 0 radical (unpaired) electrons. The molecule has 0 aliphatic heterocycles. The van der Waals surface area contributed by atoms with Gasteiger partial charge in [0, 0.05) is 13.1 Å². The zero-order valence-corrected chi connectivity index (χ0v) is 11.9. The van der Waals surface area contributed by atoms with Crippen LogP contribution in [0.25, 0.3) is 0 Å². The summed E-state index contributed by atoms with van der Waals surface area (Å²) in [5.41, 5.74) is 6.14. The van der Waals surface area contributed by atoms with E-state index < -0.39 is 16.3 Å². The summed E-state index contributed by atoms with van der Waals surface area (Å²) >= 11 is 0. The van der Waals surface area contributed by atoms with Gasteiger partial charge < -0.3 is 5.73 Å². The maximum Gasteiger partial charge on any atom is 0.280 e. The highest BCUT2D eigenvalue weighted by molar-refractivity contribution is 7.87. The van der Waals surface area contributed by atoms with E-state index in [0.717, 1.165) is 0 Å². The largest absolute Gasteiger partial charge is 0.386 e. The van der Waals surface area contributed by atoms with Gasteiger partial charge in [0.1, 0.15) is 11.9 Å². The van der Waals surface area contributed by atoms with E-state index in [0.29, 0.717) is 18.7 Å². The lowest BCUT2D eigenvalue weighted by atomic mass is 10.1. The molecule has 1 unspecified atom stereocenters. The lowest BCUT2D eigenvalue weighted by Gasteiger charge is -2.23. The molecule has 0 fully saturated rings. The third-order valence-electron chi connectivity index (χ3n) is 2.76. The third-order valence-corrected chi connectivity index (χ3v) is 4.49. The maximum absolute atomic E-state index is 12.1. The summed E-state index contributed by atoms with van der Waals surface area (Å²) in [5, 5.41) is 7.56. The van der Waals surface area contributed by atoms with Gasteiger partial charge in [-0.05, 0) is 5.56 Å². The van der Waals surface area contributed by atoms with Crippen LogP contribution >= 0.6 is 0 Å².